The van der Waals surface area contributed by atoms with E-state index < -0.39 is 11.4 Å². The monoisotopic (exact) mass is 613 g/mol. The Kier molecular flexibility index (Phi) is 7.43. The number of phenolic OH excluding ortho intramolecular Hbond substituents is 1. The molecule has 9 nitrogen and oxygen atoms in total. The van der Waals surface area contributed by atoms with Gasteiger partial charge in [-0.2, -0.15) is 9.97 Å². The summed E-state index contributed by atoms with van der Waals surface area (Å²) in [5.74, 6) is 0.168. The Bertz CT molecular complexity index is 1760. The minimum absolute atomic E-state index is 0.0390. The molecule has 1 amide bonds. The summed E-state index contributed by atoms with van der Waals surface area (Å²) in [5.41, 5.74) is 0.521. The smallest absolute Gasteiger partial charge is 0.410 e. The zero-order valence-electron chi connectivity index (χ0n) is 26.3. The number of piperazine rings is 1. The molecule has 1 N–H and O–H groups in total. The van der Waals surface area contributed by atoms with Crippen molar-refractivity contribution >= 4 is 33.6 Å². The molecule has 0 aliphatic carbocycles. The molecule has 2 unspecified atom stereocenters. The summed E-state index contributed by atoms with van der Waals surface area (Å²) < 4.78 is 28.6. The number of rotatable bonds is 5. The van der Waals surface area contributed by atoms with E-state index in [0.29, 0.717) is 42.0 Å². The number of fused-ring (bicyclic) bond motifs is 4. The number of amides is 1. The van der Waals surface area contributed by atoms with Crippen LogP contribution in [0.2, 0.25) is 0 Å². The summed E-state index contributed by atoms with van der Waals surface area (Å²) in [6, 6.07) is 14.8. The predicted molar refractivity (Wildman–Crippen MR) is 172 cm³/mol. The van der Waals surface area contributed by atoms with Gasteiger partial charge in [-0.3, -0.25) is 4.90 Å². The molecule has 3 aliphatic heterocycles. The molecule has 3 aromatic carbocycles. The van der Waals surface area contributed by atoms with E-state index in [1.165, 1.54) is 0 Å². The summed E-state index contributed by atoms with van der Waals surface area (Å²) in [6.07, 6.45) is 3.57. The number of likely N-dealkylation sites (N-methyl/N-ethyl adjacent to an activating group) is 1. The molecule has 3 aliphatic rings. The van der Waals surface area contributed by atoms with Crippen LogP contribution in [-0.4, -0.2) is 88.0 Å². The van der Waals surface area contributed by atoms with E-state index in [1.807, 2.05) is 56.0 Å². The number of benzene rings is 3. The minimum Gasteiger partial charge on any atom is -0.508 e. The zero-order chi connectivity index (χ0) is 31.5. The van der Waals surface area contributed by atoms with E-state index in [1.54, 1.807) is 18.2 Å². The maximum Gasteiger partial charge on any atom is 0.410 e. The van der Waals surface area contributed by atoms with E-state index >= 15 is 4.39 Å². The lowest BCUT2D eigenvalue weighted by molar-refractivity contribution is 0.0122. The van der Waals surface area contributed by atoms with E-state index in [4.69, 9.17) is 14.5 Å². The van der Waals surface area contributed by atoms with Gasteiger partial charge in [0.15, 0.2) is 5.82 Å². The van der Waals surface area contributed by atoms with E-state index in [9.17, 15) is 9.90 Å². The molecule has 2 bridgehead atoms. The van der Waals surface area contributed by atoms with Crippen molar-refractivity contribution in [2.24, 2.45) is 0 Å². The van der Waals surface area contributed by atoms with Crippen molar-refractivity contribution in [2.45, 2.75) is 70.2 Å². The minimum atomic E-state index is -0.577. The van der Waals surface area contributed by atoms with Crippen LogP contribution in [0.3, 0.4) is 0 Å². The van der Waals surface area contributed by atoms with Gasteiger partial charge >= 0.3 is 12.1 Å². The number of halogens is 1. The normalized spacial score (nSPS) is 22.0. The average Bonchev–Trinajstić information content (AvgIpc) is 3.53. The van der Waals surface area contributed by atoms with Crippen molar-refractivity contribution in [1.29, 1.82) is 0 Å². The van der Waals surface area contributed by atoms with Crippen LogP contribution in [0.15, 0.2) is 48.5 Å². The highest BCUT2D eigenvalue weighted by atomic mass is 19.1. The molecule has 45 heavy (non-hydrogen) atoms. The Morgan fingerprint density at radius 3 is 2.47 bits per heavy atom. The number of hydrogen-bond donors (Lipinski definition) is 1. The summed E-state index contributed by atoms with van der Waals surface area (Å²) in [7, 11) is 2.08. The van der Waals surface area contributed by atoms with Crippen LogP contribution < -0.4 is 9.64 Å². The first-order valence-corrected chi connectivity index (χ1v) is 15.9. The molecule has 10 heteroatoms. The van der Waals surface area contributed by atoms with Gasteiger partial charge in [0.1, 0.15) is 29.3 Å². The number of ether oxygens (including phenoxy) is 2. The van der Waals surface area contributed by atoms with Gasteiger partial charge in [0.2, 0.25) is 0 Å². The van der Waals surface area contributed by atoms with Crippen LogP contribution in [-0.2, 0) is 4.74 Å². The van der Waals surface area contributed by atoms with Crippen LogP contribution in [0, 0.1) is 5.82 Å². The molecule has 3 atom stereocenters. The fourth-order valence-corrected chi connectivity index (χ4v) is 7.21. The number of aromatic hydroxyl groups is 1. The maximum absolute atomic E-state index is 16.7. The molecule has 1 aromatic heterocycles. The van der Waals surface area contributed by atoms with Gasteiger partial charge in [0.05, 0.1) is 12.1 Å². The predicted octanol–water partition coefficient (Wildman–Crippen LogP) is 6.36. The van der Waals surface area contributed by atoms with Crippen LogP contribution in [0.25, 0.3) is 32.8 Å². The lowest BCUT2D eigenvalue weighted by Gasteiger charge is -2.42. The number of nitrogens with zero attached hydrogens (tertiary/aromatic N) is 5. The fourth-order valence-electron chi connectivity index (χ4n) is 7.21. The SMILES string of the molecule is CN1CCC[C@H]1COc1nc(N2CC3CCC(C2)N3C(=O)OC(C)(C)C)c2ccc(-c3cc(O)cc4ccccc34)c(F)c2n1. The third-order valence-electron chi connectivity index (χ3n) is 9.37. The highest BCUT2D eigenvalue weighted by Crippen LogP contribution is 2.40. The van der Waals surface area contributed by atoms with Gasteiger partial charge in [-0.15, -0.1) is 0 Å². The van der Waals surface area contributed by atoms with E-state index in [2.05, 4.69) is 21.8 Å². The Balaban J connectivity index is 1.29. The van der Waals surface area contributed by atoms with Crippen molar-refractivity contribution in [3.8, 4) is 22.9 Å². The van der Waals surface area contributed by atoms with E-state index in [0.717, 1.165) is 43.0 Å². The standard InChI is InChI=1S/C35H40FN5O4/c1-35(2,3)45-34(43)41-22-11-12-23(41)19-40(18-22)32-28-14-13-27(29-17-25(42)16-21-8-5-6-10-26(21)29)30(36)31(28)37-33(38-32)44-20-24-9-7-15-39(24)4/h5-6,8,10,13-14,16-17,22-24,42H,7,9,11-12,15,18-20H2,1-4H3/t22?,23?,24-/m0/s1. The highest BCUT2D eigenvalue weighted by Gasteiger charge is 2.45. The number of anilines is 1. The second kappa shape index (κ2) is 11.3. The molecular formula is C35H40FN5O4. The molecule has 7 rings (SSSR count). The largest absolute Gasteiger partial charge is 0.508 e. The molecule has 0 saturated carbocycles. The van der Waals surface area contributed by atoms with Gasteiger partial charge < -0.3 is 24.4 Å². The number of carbonyl (C=O) groups is 1. The van der Waals surface area contributed by atoms with Crippen molar-refractivity contribution in [2.75, 3.05) is 38.2 Å². The quantitative estimate of drug-likeness (QED) is 0.278. The second-order valence-corrected chi connectivity index (χ2v) is 13.6. The number of phenols is 1. The Labute approximate surface area is 262 Å². The number of carbonyl (C=O) groups excluding carboxylic acids is 1. The molecule has 3 fully saturated rings. The molecule has 236 valence electrons. The summed E-state index contributed by atoms with van der Waals surface area (Å²) in [5, 5.41) is 12.7. The zero-order valence-corrected chi connectivity index (χ0v) is 26.3. The molecule has 0 radical (unpaired) electrons. The summed E-state index contributed by atoms with van der Waals surface area (Å²) >= 11 is 0. The van der Waals surface area contributed by atoms with Crippen LogP contribution in [0.4, 0.5) is 15.0 Å². The number of likely N-dealkylation sites (tertiary alicyclic amines) is 1. The van der Waals surface area contributed by atoms with Gasteiger partial charge in [0.25, 0.3) is 0 Å². The highest BCUT2D eigenvalue weighted by molar-refractivity contribution is 6.01. The Hall–Kier alpha value is -4.18. The Morgan fingerprint density at radius 2 is 1.76 bits per heavy atom. The van der Waals surface area contributed by atoms with Crippen molar-refractivity contribution in [1.82, 2.24) is 19.8 Å². The average molecular weight is 614 g/mol. The first-order valence-electron chi connectivity index (χ1n) is 15.9. The lowest BCUT2D eigenvalue weighted by Crippen LogP contribution is -2.57. The van der Waals surface area contributed by atoms with Gasteiger partial charge in [-0.1, -0.05) is 30.3 Å². The first kappa shape index (κ1) is 29.5. The van der Waals surface area contributed by atoms with Crippen LogP contribution in [0.5, 0.6) is 11.8 Å². The van der Waals surface area contributed by atoms with E-state index in [-0.39, 0.29) is 41.5 Å². The molecule has 0 spiro atoms. The maximum atomic E-state index is 16.7. The summed E-state index contributed by atoms with van der Waals surface area (Å²) in [4.78, 5) is 28.9. The van der Waals surface area contributed by atoms with Crippen molar-refractivity contribution < 1.29 is 23.8 Å². The van der Waals surface area contributed by atoms with Crippen LogP contribution in [0.1, 0.15) is 46.5 Å². The lowest BCUT2D eigenvalue weighted by atomic mass is 9.96. The number of aromatic nitrogens is 2. The molecular weight excluding hydrogens is 573 g/mol. The molecule has 4 aromatic rings. The second-order valence-electron chi connectivity index (χ2n) is 13.6. The topological polar surface area (TPSA) is 91.3 Å². The van der Waals surface area contributed by atoms with Gasteiger partial charge in [-0.25, -0.2) is 9.18 Å². The third kappa shape index (κ3) is 5.60. The van der Waals surface area contributed by atoms with Gasteiger partial charge in [-0.05, 0) is 94.6 Å². The summed E-state index contributed by atoms with van der Waals surface area (Å²) in [6.45, 7) is 8.16. The van der Waals surface area contributed by atoms with Crippen LogP contribution >= 0.6 is 0 Å². The molecule has 3 saturated heterocycles. The van der Waals surface area contributed by atoms with Gasteiger partial charge in [0, 0.05) is 30.1 Å². The molecule has 4 heterocycles. The van der Waals surface area contributed by atoms with Crippen molar-refractivity contribution in [3.05, 3.63) is 54.3 Å². The van der Waals surface area contributed by atoms with Crippen molar-refractivity contribution in [3.63, 3.8) is 0 Å². The number of hydrogen-bond acceptors (Lipinski definition) is 8. The third-order valence-corrected chi connectivity index (χ3v) is 9.37. The first-order chi connectivity index (χ1) is 21.6. The fraction of sp³-hybridized carbons (Fsp3) is 0.457. The Morgan fingerprint density at radius 1 is 1.00 bits per heavy atom.